The Morgan fingerprint density at radius 1 is 0.857 bits per heavy atom. The van der Waals surface area contributed by atoms with Gasteiger partial charge in [0, 0.05) is 46.7 Å². The van der Waals surface area contributed by atoms with Crippen LogP contribution in [0.1, 0.15) is 15.9 Å². The highest BCUT2D eigenvalue weighted by Gasteiger charge is 2.29. The zero-order valence-electron chi connectivity index (χ0n) is 21.8. The summed E-state index contributed by atoms with van der Waals surface area (Å²) < 4.78 is 53.8. The van der Waals surface area contributed by atoms with E-state index >= 15 is 0 Å². The monoisotopic (exact) mass is 591 g/mol. The first kappa shape index (κ1) is 28.8. The van der Waals surface area contributed by atoms with Crippen molar-refractivity contribution in [1.82, 2.24) is 9.55 Å². The van der Waals surface area contributed by atoms with Crippen LogP contribution in [0.15, 0.2) is 102 Å². The summed E-state index contributed by atoms with van der Waals surface area (Å²) in [7, 11) is 0. The minimum atomic E-state index is -4.59. The smallest absolute Gasteiger partial charge is 0.383 e. The standard InChI is InChI=1S/C32H22ClF4N3O2/c33-24-3-1-2-22(13-24)23-14-26(31(38)39-15-23)20-6-4-19(5-7-20)12-29(41)28-17-40(18-32(35,36)37)16-27(30(28)42)21-8-10-25(34)11-9-21/h1-11,13-17H,12,18H2,(H2,38,39). The number of anilines is 1. The second kappa shape index (κ2) is 11.6. The largest absolute Gasteiger partial charge is 0.406 e. The molecule has 2 heterocycles. The lowest BCUT2D eigenvalue weighted by Gasteiger charge is -2.14. The summed E-state index contributed by atoms with van der Waals surface area (Å²) in [6, 6.07) is 20.7. The van der Waals surface area contributed by atoms with Gasteiger partial charge in [-0.05, 0) is 52.6 Å². The minimum Gasteiger partial charge on any atom is -0.383 e. The number of Topliss-reactive ketones (excluding diaryl/α,β-unsaturated/α-hetero) is 1. The number of nitrogens with two attached hydrogens (primary N) is 1. The van der Waals surface area contributed by atoms with Gasteiger partial charge in [-0.25, -0.2) is 9.37 Å². The molecule has 5 nitrogen and oxygen atoms in total. The van der Waals surface area contributed by atoms with E-state index in [0.717, 1.165) is 45.8 Å². The van der Waals surface area contributed by atoms with Crippen LogP contribution >= 0.6 is 11.6 Å². The van der Waals surface area contributed by atoms with E-state index in [1.807, 2.05) is 18.2 Å². The number of halogens is 5. The van der Waals surface area contributed by atoms with E-state index in [2.05, 4.69) is 4.98 Å². The molecule has 2 N–H and O–H groups in total. The summed E-state index contributed by atoms with van der Waals surface area (Å²) in [6.07, 6.45) is -1.25. The molecule has 212 valence electrons. The van der Waals surface area contributed by atoms with Crippen molar-refractivity contribution in [2.45, 2.75) is 19.1 Å². The second-order valence-electron chi connectivity index (χ2n) is 9.67. The summed E-state index contributed by atoms with van der Waals surface area (Å²) in [6.45, 7) is -1.40. The molecule has 0 spiro atoms. The number of benzene rings is 3. The fraction of sp³-hybridized carbons (Fsp3) is 0.0938. The molecule has 0 bridgehead atoms. The number of carbonyl (C=O) groups is 1. The van der Waals surface area contributed by atoms with Crippen molar-refractivity contribution >= 4 is 23.2 Å². The number of rotatable bonds is 7. The number of carbonyl (C=O) groups excluding carboxylic acids is 1. The fourth-order valence-electron chi connectivity index (χ4n) is 4.58. The number of ketones is 1. The average Bonchev–Trinajstić information content (AvgIpc) is 2.94. The Hall–Kier alpha value is -4.76. The highest BCUT2D eigenvalue weighted by Crippen LogP contribution is 2.31. The van der Waals surface area contributed by atoms with Crippen LogP contribution in [-0.4, -0.2) is 21.5 Å². The Morgan fingerprint density at radius 3 is 2.19 bits per heavy atom. The van der Waals surface area contributed by atoms with Gasteiger partial charge in [0.05, 0.1) is 5.56 Å². The third-order valence-electron chi connectivity index (χ3n) is 6.60. The number of hydrogen-bond acceptors (Lipinski definition) is 4. The molecule has 5 rings (SSSR count). The first-order valence-corrected chi connectivity index (χ1v) is 13.1. The van der Waals surface area contributed by atoms with Gasteiger partial charge in [0.15, 0.2) is 11.2 Å². The van der Waals surface area contributed by atoms with E-state index in [1.54, 1.807) is 42.6 Å². The van der Waals surface area contributed by atoms with Crippen molar-refractivity contribution in [2.24, 2.45) is 0 Å². The van der Waals surface area contributed by atoms with Crippen LogP contribution in [0.5, 0.6) is 0 Å². The molecule has 0 atom stereocenters. The van der Waals surface area contributed by atoms with Crippen LogP contribution in [-0.2, 0) is 13.0 Å². The van der Waals surface area contributed by atoms with Crippen LogP contribution in [0.25, 0.3) is 33.4 Å². The Labute approximate surface area is 242 Å². The van der Waals surface area contributed by atoms with Gasteiger partial charge in [-0.1, -0.05) is 60.1 Å². The number of nitrogens with zero attached hydrogens (tertiary/aromatic N) is 2. The van der Waals surface area contributed by atoms with Gasteiger partial charge in [-0.15, -0.1) is 0 Å². The Morgan fingerprint density at radius 2 is 1.52 bits per heavy atom. The minimum absolute atomic E-state index is 0.136. The van der Waals surface area contributed by atoms with Gasteiger partial charge in [0.2, 0.25) is 0 Å². The lowest BCUT2D eigenvalue weighted by atomic mass is 9.97. The Balaban J connectivity index is 1.44. The van der Waals surface area contributed by atoms with Crippen LogP contribution in [0, 0.1) is 5.82 Å². The second-order valence-corrected chi connectivity index (χ2v) is 10.1. The van der Waals surface area contributed by atoms with Gasteiger partial charge in [-0.2, -0.15) is 13.2 Å². The van der Waals surface area contributed by atoms with E-state index < -0.39 is 35.3 Å². The summed E-state index contributed by atoms with van der Waals surface area (Å²) in [5, 5.41) is 0.577. The molecule has 0 aliphatic carbocycles. The van der Waals surface area contributed by atoms with Crippen molar-refractivity contribution in [3.8, 4) is 33.4 Å². The van der Waals surface area contributed by atoms with E-state index in [1.165, 1.54) is 12.1 Å². The molecule has 2 aromatic heterocycles. The molecular formula is C32H22ClF4N3O2. The molecule has 42 heavy (non-hydrogen) atoms. The SMILES string of the molecule is Nc1ncc(-c2cccc(Cl)c2)cc1-c1ccc(CC(=O)c2cn(CC(F)(F)F)cc(-c3ccc(F)cc3)c2=O)cc1. The molecule has 0 saturated heterocycles. The molecule has 0 saturated carbocycles. The highest BCUT2D eigenvalue weighted by atomic mass is 35.5. The van der Waals surface area contributed by atoms with Crippen LogP contribution in [0.2, 0.25) is 5.02 Å². The van der Waals surface area contributed by atoms with Gasteiger partial charge in [0.25, 0.3) is 0 Å². The van der Waals surface area contributed by atoms with E-state index in [0.29, 0.717) is 22.0 Å². The molecule has 0 aliphatic heterocycles. The maximum atomic E-state index is 13.4. The predicted octanol–water partition coefficient (Wildman–Crippen LogP) is 7.61. The summed E-state index contributed by atoms with van der Waals surface area (Å²) >= 11 is 6.12. The quantitative estimate of drug-likeness (QED) is 0.156. The third-order valence-corrected chi connectivity index (χ3v) is 6.84. The fourth-order valence-corrected chi connectivity index (χ4v) is 4.77. The van der Waals surface area contributed by atoms with Gasteiger partial charge in [0.1, 0.15) is 18.2 Å². The normalized spacial score (nSPS) is 11.5. The lowest BCUT2D eigenvalue weighted by Crippen LogP contribution is -2.24. The van der Waals surface area contributed by atoms with Crippen LogP contribution in [0.3, 0.4) is 0 Å². The molecule has 5 aromatic rings. The molecule has 0 aliphatic rings. The van der Waals surface area contributed by atoms with Crippen molar-refractivity contribution in [2.75, 3.05) is 5.73 Å². The first-order valence-electron chi connectivity index (χ1n) is 12.7. The molecule has 0 radical (unpaired) electrons. The van der Waals surface area contributed by atoms with Crippen molar-refractivity contribution in [1.29, 1.82) is 0 Å². The van der Waals surface area contributed by atoms with Gasteiger partial charge in [-0.3, -0.25) is 9.59 Å². The molecule has 0 fully saturated rings. The maximum Gasteiger partial charge on any atom is 0.406 e. The van der Waals surface area contributed by atoms with Crippen LogP contribution < -0.4 is 11.2 Å². The maximum absolute atomic E-state index is 13.4. The van der Waals surface area contributed by atoms with E-state index in [9.17, 15) is 27.2 Å². The zero-order valence-corrected chi connectivity index (χ0v) is 22.6. The number of nitrogen functional groups attached to an aromatic ring is 1. The van der Waals surface area contributed by atoms with Crippen LogP contribution in [0.4, 0.5) is 23.4 Å². The number of aromatic nitrogens is 2. The van der Waals surface area contributed by atoms with Gasteiger partial charge >= 0.3 is 6.18 Å². The van der Waals surface area contributed by atoms with Crippen molar-refractivity contribution in [3.63, 3.8) is 0 Å². The molecule has 0 amide bonds. The van der Waals surface area contributed by atoms with E-state index in [-0.39, 0.29) is 17.5 Å². The molecule has 10 heteroatoms. The van der Waals surface area contributed by atoms with E-state index in [4.69, 9.17) is 17.3 Å². The lowest BCUT2D eigenvalue weighted by molar-refractivity contribution is -0.140. The average molecular weight is 592 g/mol. The van der Waals surface area contributed by atoms with Gasteiger partial charge < -0.3 is 10.3 Å². The summed E-state index contributed by atoms with van der Waals surface area (Å²) in [4.78, 5) is 30.7. The highest BCUT2D eigenvalue weighted by molar-refractivity contribution is 6.30. The number of alkyl halides is 3. The first-order chi connectivity index (χ1) is 20.0. The predicted molar refractivity (Wildman–Crippen MR) is 155 cm³/mol. The Kier molecular flexibility index (Phi) is 7.95. The molecular weight excluding hydrogens is 570 g/mol. The van der Waals surface area contributed by atoms with Crippen molar-refractivity contribution in [3.05, 3.63) is 130 Å². The number of pyridine rings is 2. The zero-order chi connectivity index (χ0) is 30.0. The summed E-state index contributed by atoms with van der Waals surface area (Å²) in [5.41, 5.74) is 8.65. The molecule has 0 unspecified atom stereocenters. The summed E-state index contributed by atoms with van der Waals surface area (Å²) in [5.74, 6) is -0.928. The third kappa shape index (κ3) is 6.58. The topological polar surface area (TPSA) is 78.0 Å². The number of hydrogen-bond donors (Lipinski definition) is 1. The van der Waals surface area contributed by atoms with Crippen molar-refractivity contribution < 1.29 is 22.4 Å². The molecule has 3 aromatic carbocycles. The Bertz CT molecular complexity index is 1830.